The van der Waals surface area contributed by atoms with E-state index in [2.05, 4.69) is 14.7 Å². The minimum atomic E-state index is -4.76. The Morgan fingerprint density at radius 3 is 2.52 bits per heavy atom. The van der Waals surface area contributed by atoms with Gasteiger partial charge in [0.15, 0.2) is 11.6 Å². The van der Waals surface area contributed by atoms with E-state index in [1.807, 2.05) is 0 Å². The molecule has 3 rings (SSSR count). The Hall–Kier alpha value is -2.70. The number of ether oxygens (including phenoxy) is 1. The van der Waals surface area contributed by atoms with Gasteiger partial charge < -0.3 is 14.1 Å². The summed E-state index contributed by atoms with van der Waals surface area (Å²) in [4.78, 5) is 6.87. The maximum atomic E-state index is 12.4. The number of nitrogens with zero attached hydrogens (tertiary/aromatic N) is 1. The Morgan fingerprint density at radius 2 is 1.81 bits per heavy atom. The second-order valence-corrected chi connectivity index (χ2v) is 4.15. The van der Waals surface area contributed by atoms with Gasteiger partial charge in [-0.1, -0.05) is 12.1 Å². The molecule has 21 heavy (non-hydrogen) atoms. The minimum Gasteiger partial charge on any atom is -0.453 e. The molecule has 1 N–H and O–H groups in total. The van der Waals surface area contributed by atoms with Gasteiger partial charge in [-0.25, -0.2) is 4.98 Å². The molecule has 2 aromatic heterocycles. The third kappa shape index (κ3) is 2.91. The minimum absolute atomic E-state index is 0.215. The zero-order valence-corrected chi connectivity index (χ0v) is 10.5. The van der Waals surface area contributed by atoms with Crippen LogP contribution in [0.2, 0.25) is 0 Å². The molecule has 4 nitrogen and oxygen atoms in total. The van der Waals surface area contributed by atoms with Crippen molar-refractivity contribution in [3.63, 3.8) is 0 Å². The summed E-state index contributed by atoms with van der Waals surface area (Å²) >= 11 is 0. The maximum Gasteiger partial charge on any atom is 0.573 e. The van der Waals surface area contributed by atoms with Crippen molar-refractivity contribution in [3.05, 3.63) is 48.8 Å². The van der Waals surface area contributed by atoms with E-state index in [1.54, 1.807) is 30.6 Å². The van der Waals surface area contributed by atoms with Crippen LogP contribution < -0.4 is 4.74 Å². The molecule has 7 heteroatoms. The average molecular weight is 294 g/mol. The van der Waals surface area contributed by atoms with Crippen molar-refractivity contribution in [1.82, 2.24) is 9.97 Å². The van der Waals surface area contributed by atoms with Gasteiger partial charge in [-0.15, -0.1) is 13.2 Å². The van der Waals surface area contributed by atoms with Crippen molar-refractivity contribution in [2.45, 2.75) is 6.36 Å². The van der Waals surface area contributed by atoms with E-state index in [4.69, 9.17) is 4.42 Å². The number of halogens is 3. The molecule has 0 aliphatic rings. The fraction of sp³-hybridized carbons (Fsp3) is 0.0714. The van der Waals surface area contributed by atoms with E-state index in [9.17, 15) is 13.2 Å². The molecule has 3 aromatic rings. The summed E-state index contributed by atoms with van der Waals surface area (Å²) in [5.41, 5.74) is 0.215. The quantitative estimate of drug-likeness (QED) is 0.786. The number of nitrogens with one attached hydrogen (secondary N) is 1. The molecule has 0 atom stereocenters. The van der Waals surface area contributed by atoms with Crippen molar-refractivity contribution < 1.29 is 22.3 Å². The highest BCUT2D eigenvalue weighted by molar-refractivity contribution is 5.68. The van der Waals surface area contributed by atoms with Crippen molar-refractivity contribution in [2.75, 3.05) is 0 Å². The van der Waals surface area contributed by atoms with Crippen LogP contribution in [-0.2, 0) is 0 Å². The van der Waals surface area contributed by atoms with E-state index >= 15 is 0 Å². The molecule has 0 unspecified atom stereocenters. The zero-order chi connectivity index (χ0) is 14.9. The van der Waals surface area contributed by atoms with Crippen LogP contribution in [0.5, 0.6) is 5.75 Å². The number of furan rings is 1. The van der Waals surface area contributed by atoms with Gasteiger partial charge in [0.05, 0.1) is 5.56 Å². The molecule has 0 spiro atoms. The molecule has 0 bridgehead atoms. The third-order valence-corrected chi connectivity index (χ3v) is 2.72. The highest BCUT2D eigenvalue weighted by Gasteiger charge is 2.32. The monoisotopic (exact) mass is 294 g/mol. The average Bonchev–Trinajstić information content (AvgIpc) is 3.08. The van der Waals surface area contributed by atoms with Crippen LogP contribution in [0.15, 0.2) is 53.2 Å². The van der Waals surface area contributed by atoms with E-state index in [0.717, 1.165) is 0 Å². The molecule has 0 saturated heterocycles. The Balaban J connectivity index is 1.98. The topological polar surface area (TPSA) is 51.0 Å². The first kappa shape index (κ1) is 13.3. The second-order valence-electron chi connectivity index (χ2n) is 4.15. The van der Waals surface area contributed by atoms with Crippen molar-refractivity contribution in [2.24, 2.45) is 0 Å². The molecule has 0 fully saturated rings. The summed E-state index contributed by atoms with van der Waals surface area (Å²) in [6.45, 7) is 0. The lowest BCUT2D eigenvalue weighted by molar-refractivity contribution is -0.274. The molecule has 0 aliphatic carbocycles. The molecule has 108 valence electrons. The summed E-state index contributed by atoms with van der Waals surface area (Å²) in [5, 5.41) is 0. The molecule has 0 saturated carbocycles. The maximum absolute atomic E-state index is 12.4. The van der Waals surface area contributed by atoms with E-state index in [1.165, 1.54) is 18.2 Å². The fourth-order valence-electron chi connectivity index (χ4n) is 1.89. The third-order valence-electron chi connectivity index (χ3n) is 2.72. The number of alkyl halides is 3. The number of H-pyrrole nitrogens is 1. The summed E-state index contributed by atoms with van der Waals surface area (Å²) in [7, 11) is 0. The molecular weight excluding hydrogens is 285 g/mol. The largest absolute Gasteiger partial charge is 0.573 e. The summed E-state index contributed by atoms with van der Waals surface area (Å²) < 4.78 is 46.7. The van der Waals surface area contributed by atoms with Crippen molar-refractivity contribution in [3.8, 4) is 28.7 Å². The predicted molar refractivity (Wildman–Crippen MR) is 68.4 cm³/mol. The number of para-hydroxylation sites is 1. The molecular formula is C14H9F3N2O2. The van der Waals surface area contributed by atoms with Crippen molar-refractivity contribution in [1.29, 1.82) is 0 Å². The van der Waals surface area contributed by atoms with E-state index < -0.39 is 6.36 Å². The number of rotatable bonds is 3. The first-order valence-corrected chi connectivity index (χ1v) is 5.98. The Labute approximate surface area is 117 Å². The van der Waals surface area contributed by atoms with Gasteiger partial charge in [-0.3, -0.25) is 0 Å². The molecule has 0 amide bonds. The van der Waals surface area contributed by atoms with Gasteiger partial charge in [0.25, 0.3) is 0 Å². The molecule has 0 aliphatic heterocycles. The molecule has 0 radical (unpaired) electrons. The number of hydrogen-bond donors (Lipinski definition) is 1. The van der Waals surface area contributed by atoms with Crippen LogP contribution in [0.1, 0.15) is 0 Å². The van der Waals surface area contributed by atoms with Crippen LogP contribution in [-0.4, -0.2) is 16.3 Å². The Morgan fingerprint density at radius 1 is 1.05 bits per heavy atom. The lowest BCUT2D eigenvalue weighted by atomic mass is 10.1. The first-order chi connectivity index (χ1) is 10.0. The number of hydrogen-bond acceptors (Lipinski definition) is 3. The summed E-state index contributed by atoms with van der Waals surface area (Å²) in [6, 6.07) is 8.98. The van der Waals surface area contributed by atoms with Crippen LogP contribution in [0.4, 0.5) is 13.2 Å². The molecule has 1 aromatic carbocycles. The fourth-order valence-corrected chi connectivity index (χ4v) is 1.89. The smallest absolute Gasteiger partial charge is 0.453 e. The SMILES string of the molecule is FC(F)(F)Oc1ccccc1-c1ccc(-c2ncc[nH]2)o1. The number of imidazole rings is 1. The normalized spacial score (nSPS) is 11.6. The standard InChI is InChI=1S/C14H9F3N2O2/c15-14(16,17)21-11-4-2-1-3-9(11)10-5-6-12(20-10)13-18-7-8-19-13/h1-8H,(H,18,19). The van der Waals surface area contributed by atoms with Gasteiger partial charge >= 0.3 is 6.36 Å². The Bertz CT molecular complexity index is 733. The van der Waals surface area contributed by atoms with Gasteiger partial charge in [-0.2, -0.15) is 0 Å². The van der Waals surface area contributed by atoms with Crippen LogP contribution in [0.3, 0.4) is 0 Å². The van der Waals surface area contributed by atoms with Crippen LogP contribution in [0, 0.1) is 0 Å². The number of benzene rings is 1. The highest BCUT2D eigenvalue weighted by Crippen LogP contribution is 2.35. The van der Waals surface area contributed by atoms with Gasteiger partial charge in [-0.05, 0) is 24.3 Å². The Kier molecular flexibility index (Phi) is 3.17. The van der Waals surface area contributed by atoms with E-state index in [0.29, 0.717) is 11.6 Å². The van der Waals surface area contributed by atoms with Gasteiger partial charge in [0.2, 0.25) is 0 Å². The first-order valence-electron chi connectivity index (χ1n) is 5.98. The summed E-state index contributed by atoms with van der Waals surface area (Å²) in [5.74, 6) is 0.874. The predicted octanol–water partition coefficient (Wildman–Crippen LogP) is 4.24. The molecule has 2 heterocycles. The lowest BCUT2D eigenvalue weighted by Crippen LogP contribution is -2.17. The van der Waals surface area contributed by atoms with Gasteiger partial charge in [0, 0.05) is 12.4 Å². The van der Waals surface area contributed by atoms with Crippen LogP contribution in [0.25, 0.3) is 22.9 Å². The second kappa shape index (κ2) is 5.01. The number of aromatic nitrogens is 2. The van der Waals surface area contributed by atoms with Gasteiger partial charge in [0.1, 0.15) is 11.5 Å². The lowest BCUT2D eigenvalue weighted by Gasteiger charge is -2.11. The van der Waals surface area contributed by atoms with E-state index in [-0.39, 0.29) is 17.1 Å². The summed E-state index contributed by atoms with van der Waals surface area (Å²) in [6.07, 6.45) is -1.58. The zero-order valence-electron chi connectivity index (χ0n) is 10.5. The number of aromatic amines is 1. The highest BCUT2D eigenvalue weighted by atomic mass is 19.4. The van der Waals surface area contributed by atoms with Crippen molar-refractivity contribution >= 4 is 0 Å². The van der Waals surface area contributed by atoms with Crippen LogP contribution >= 0.6 is 0 Å².